The molecule has 3 nitrogen and oxygen atoms in total. The Morgan fingerprint density at radius 1 is 0.612 bits per heavy atom. The molecule has 0 amide bonds. The fourth-order valence-electron chi connectivity index (χ4n) is 9.59. The number of hydrogen-bond donors (Lipinski definition) is 0. The molecule has 0 spiro atoms. The average Bonchev–Trinajstić information content (AvgIpc) is 3.91. The fourth-order valence-corrected chi connectivity index (χ4v) is 11.0. The summed E-state index contributed by atoms with van der Waals surface area (Å²) in [6.45, 7) is 10.6. The summed E-state index contributed by atoms with van der Waals surface area (Å²) in [4.78, 5) is 9.79. The normalized spacial score (nSPS) is 13.1. The Labute approximate surface area is 413 Å². The molecule has 11 rings (SSSR count). The standard InChI is InChI=1S/C44H29N2.C18H24NSi.Ir/c1-4-14-31(15-5-1)32-24-27-36(28-25-32)46-42-23-13-12-22-41(42)45-43(46)33-26-29-40-38(30-33)37-20-10-11-21-39(37)44(40,34-16-6-2-7-17-34)35-18-8-3-9-19-35;1-14(2)11-16-12-17(15-9-7-6-8-10-15)19-13-18(16)20(3,4)5;/h1-25,27-30H;6-9,12-14H,11H2,1-5H3;/q2*-1;/i;11D2;. The summed E-state index contributed by atoms with van der Waals surface area (Å²) in [5, 5.41) is 1.10. The number of para-hydroxylation sites is 2. The van der Waals surface area contributed by atoms with Crippen LogP contribution in [0.25, 0.3) is 61.6 Å². The predicted molar refractivity (Wildman–Crippen MR) is 278 cm³/mol. The van der Waals surface area contributed by atoms with Gasteiger partial charge < -0.3 is 9.55 Å². The number of rotatable bonds is 9. The molecule has 1 aliphatic rings. The number of fused-ring (bicyclic) bond motifs is 4. The molecule has 1 aliphatic carbocycles. The maximum atomic E-state index is 8.55. The monoisotopic (exact) mass is 1060 g/mol. The van der Waals surface area contributed by atoms with Crippen LogP contribution in [-0.4, -0.2) is 22.6 Å². The van der Waals surface area contributed by atoms with Crippen LogP contribution in [0.3, 0.4) is 0 Å². The molecule has 2 aromatic heterocycles. The minimum atomic E-state index is -1.67. The summed E-state index contributed by atoms with van der Waals surface area (Å²) in [7, 11) is -1.67. The maximum absolute atomic E-state index is 8.55. The summed E-state index contributed by atoms with van der Waals surface area (Å²) in [5.74, 6) is 0.795. The van der Waals surface area contributed by atoms with Crippen molar-refractivity contribution in [3.05, 3.63) is 252 Å². The molecule has 67 heavy (non-hydrogen) atoms. The van der Waals surface area contributed by atoms with Gasteiger partial charge in [-0.05, 0) is 80.8 Å². The summed E-state index contributed by atoms with van der Waals surface area (Å²) in [6, 6.07) is 79.4. The van der Waals surface area contributed by atoms with Crippen molar-refractivity contribution in [2.75, 3.05) is 0 Å². The number of hydrogen-bond acceptors (Lipinski definition) is 2. The van der Waals surface area contributed by atoms with Crippen molar-refractivity contribution in [2.24, 2.45) is 5.92 Å². The topological polar surface area (TPSA) is 30.7 Å². The molecule has 5 heteroatoms. The van der Waals surface area contributed by atoms with Crippen molar-refractivity contribution < 1.29 is 22.8 Å². The van der Waals surface area contributed by atoms with Crippen LogP contribution in [0.4, 0.5) is 0 Å². The van der Waals surface area contributed by atoms with Crippen LogP contribution in [0.2, 0.25) is 19.6 Å². The zero-order chi connectivity index (χ0) is 47.0. The quantitative estimate of drug-likeness (QED) is 0.107. The Morgan fingerprint density at radius 3 is 1.88 bits per heavy atom. The maximum Gasteiger partial charge on any atom is 0.0798 e. The van der Waals surface area contributed by atoms with Gasteiger partial charge in [0, 0.05) is 40.1 Å². The summed E-state index contributed by atoms with van der Waals surface area (Å²) in [5.41, 5.74) is 16.0. The molecule has 0 N–H and O–H groups in total. The molecule has 0 aliphatic heterocycles. The van der Waals surface area contributed by atoms with Crippen molar-refractivity contribution in [3.63, 3.8) is 0 Å². The van der Waals surface area contributed by atoms with E-state index >= 15 is 0 Å². The zero-order valence-electron chi connectivity index (χ0n) is 40.5. The molecule has 0 fully saturated rings. The van der Waals surface area contributed by atoms with Crippen LogP contribution < -0.4 is 5.19 Å². The van der Waals surface area contributed by atoms with Gasteiger partial charge in [-0.15, -0.1) is 65.2 Å². The second-order valence-corrected chi connectivity index (χ2v) is 23.4. The molecule has 0 saturated heterocycles. The van der Waals surface area contributed by atoms with Gasteiger partial charge in [0.2, 0.25) is 0 Å². The minimum Gasteiger partial charge on any atom is -0.333 e. The Bertz CT molecular complexity index is 3330. The second kappa shape index (κ2) is 19.2. The smallest absolute Gasteiger partial charge is 0.0798 e. The van der Waals surface area contributed by atoms with E-state index in [1.165, 1.54) is 44.5 Å². The Morgan fingerprint density at radius 2 is 1.22 bits per heavy atom. The van der Waals surface area contributed by atoms with Crippen molar-refractivity contribution in [2.45, 2.75) is 45.3 Å². The van der Waals surface area contributed by atoms with Crippen molar-refractivity contribution in [1.82, 2.24) is 14.5 Å². The summed E-state index contributed by atoms with van der Waals surface area (Å²) in [6.07, 6.45) is 0.528. The number of benzene rings is 8. The van der Waals surface area contributed by atoms with E-state index in [0.29, 0.717) is 0 Å². The van der Waals surface area contributed by atoms with E-state index in [1.807, 2.05) is 50.4 Å². The first-order valence-electron chi connectivity index (χ1n) is 23.8. The van der Waals surface area contributed by atoms with Gasteiger partial charge in [0.05, 0.1) is 24.9 Å². The zero-order valence-corrected chi connectivity index (χ0v) is 41.9. The van der Waals surface area contributed by atoms with Gasteiger partial charge in [-0.2, -0.15) is 0 Å². The third kappa shape index (κ3) is 8.72. The molecule has 0 atom stereocenters. The van der Waals surface area contributed by atoms with Crippen LogP contribution in [0.15, 0.2) is 212 Å². The minimum absolute atomic E-state index is 0. The molecule has 1 radical (unpaired) electrons. The van der Waals surface area contributed by atoms with Gasteiger partial charge in [-0.1, -0.05) is 190 Å². The first-order valence-corrected chi connectivity index (χ1v) is 26.3. The van der Waals surface area contributed by atoms with Crippen LogP contribution >= 0.6 is 0 Å². The molecule has 8 aromatic carbocycles. The van der Waals surface area contributed by atoms with Crippen LogP contribution in [0, 0.1) is 18.1 Å². The number of pyridine rings is 1. The number of imidazole rings is 1. The third-order valence-corrected chi connectivity index (χ3v) is 14.6. The van der Waals surface area contributed by atoms with Gasteiger partial charge in [-0.3, -0.25) is 4.98 Å². The first kappa shape index (κ1) is 42.9. The second-order valence-electron chi connectivity index (χ2n) is 18.3. The Balaban J connectivity index is 0.000000218. The molecule has 10 aromatic rings. The Hall–Kier alpha value is -6.75. The van der Waals surface area contributed by atoms with E-state index in [2.05, 4.69) is 217 Å². The van der Waals surface area contributed by atoms with Crippen molar-refractivity contribution in [1.29, 1.82) is 0 Å². The summed E-state index contributed by atoms with van der Waals surface area (Å²) < 4.78 is 19.4. The first-order chi connectivity index (χ1) is 33.0. The molecular weight excluding hydrogens is 1010 g/mol. The molecule has 2 heterocycles. The molecule has 0 unspecified atom stereocenters. The van der Waals surface area contributed by atoms with E-state index in [1.54, 1.807) is 0 Å². The van der Waals surface area contributed by atoms with Crippen molar-refractivity contribution >= 4 is 24.3 Å². The van der Waals surface area contributed by atoms with Crippen LogP contribution in [0.1, 0.15) is 44.4 Å². The van der Waals surface area contributed by atoms with Crippen molar-refractivity contribution in [3.8, 4) is 50.6 Å². The van der Waals surface area contributed by atoms with Crippen LogP contribution in [0.5, 0.6) is 0 Å². The molecule has 0 saturated carbocycles. The SMILES string of the molecule is [2H]C([2H])(c1cc(-c2[c-]cccc2)ncc1[Si](C)(C)C)C(C)C.[Ir].[c-]1cc2c(cc1-c1nc3ccccc3n1-c1ccc(-c3ccccc3)cc1)-c1ccccc1C2(c1ccccc1)c1ccccc1. The van der Waals surface area contributed by atoms with Crippen LogP contribution in [-0.2, 0) is 31.9 Å². The van der Waals surface area contributed by atoms with Gasteiger partial charge >= 0.3 is 0 Å². The number of aromatic nitrogens is 3. The van der Waals surface area contributed by atoms with E-state index in [4.69, 9.17) is 7.73 Å². The number of nitrogens with zero attached hydrogens (tertiary/aromatic N) is 3. The van der Waals surface area contributed by atoms with E-state index in [-0.39, 0.29) is 26.0 Å². The van der Waals surface area contributed by atoms with Gasteiger partial charge in [0.25, 0.3) is 0 Å². The molecule has 0 bridgehead atoms. The van der Waals surface area contributed by atoms with Gasteiger partial charge in [-0.25, -0.2) is 0 Å². The van der Waals surface area contributed by atoms with E-state index in [9.17, 15) is 0 Å². The fraction of sp³-hybridized carbons (Fsp3) is 0.129. The summed E-state index contributed by atoms with van der Waals surface area (Å²) >= 11 is 0. The predicted octanol–water partition coefficient (Wildman–Crippen LogP) is 14.8. The third-order valence-electron chi connectivity index (χ3n) is 12.6. The van der Waals surface area contributed by atoms with E-state index < -0.39 is 19.9 Å². The molecular formula is C62H53IrN3Si-2. The molecule has 331 valence electrons. The Kier molecular flexibility index (Phi) is 12.3. The average molecular weight is 1060 g/mol. The van der Waals surface area contributed by atoms with Gasteiger partial charge in [0.15, 0.2) is 0 Å². The van der Waals surface area contributed by atoms with E-state index in [0.717, 1.165) is 50.1 Å². The largest absolute Gasteiger partial charge is 0.333 e. The van der Waals surface area contributed by atoms with Gasteiger partial charge in [0.1, 0.15) is 0 Å².